The number of benzene rings is 1. The van der Waals surface area contributed by atoms with E-state index in [2.05, 4.69) is 4.98 Å². The molecule has 0 radical (unpaired) electrons. The van der Waals surface area contributed by atoms with Crippen LogP contribution in [0.4, 0.5) is 0 Å². The van der Waals surface area contributed by atoms with Crippen molar-refractivity contribution in [1.29, 1.82) is 5.26 Å². The number of aromatic nitrogens is 1. The van der Waals surface area contributed by atoms with Crippen molar-refractivity contribution < 1.29 is 14.6 Å². The molecule has 0 amide bonds. The third-order valence-electron chi connectivity index (χ3n) is 2.61. The van der Waals surface area contributed by atoms with Gasteiger partial charge < -0.3 is 9.84 Å². The number of carbonyl (C=O) groups is 1. The lowest BCUT2D eigenvalue weighted by Crippen LogP contribution is -2.01. The minimum Gasteiger partial charge on any atom is -0.478 e. The molecule has 0 saturated carbocycles. The monoisotopic (exact) mass is 254 g/mol. The maximum absolute atomic E-state index is 11.0. The van der Waals surface area contributed by atoms with Crippen LogP contribution < -0.4 is 4.74 Å². The third kappa shape index (κ3) is 2.53. The SMILES string of the molecule is Cc1c(Oc2ncccc2C#N)cccc1C(=O)O. The van der Waals surface area contributed by atoms with Gasteiger partial charge in [0.1, 0.15) is 17.4 Å². The van der Waals surface area contributed by atoms with E-state index >= 15 is 0 Å². The van der Waals surface area contributed by atoms with Crippen molar-refractivity contribution in [3.05, 3.63) is 53.2 Å². The predicted molar refractivity (Wildman–Crippen MR) is 67.2 cm³/mol. The second kappa shape index (κ2) is 5.19. The van der Waals surface area contributed by atoms with E-state index in [1.54, 1.807) is 31.2 Å². The molecule has 0 spiro atoms. The van der Waals surface area contributed by atoms with Crippen LogP contribution in [-0.2, 0) is 0 Å². The Balaban J connectivity index is 2.42. The fourth-order valence-electron chi connectivity index (χ4n) is 1.62. The molecule has 0 saturated heterocycles. The number of aromatic carboxylic acids is 1. The summed E-state index contributed by atoms with van der Waals surface area (Å²) in [5, 5.41) is 18.0. The van der Waals surface area contributed by atoms with Gasteiger partial charge in [-0.1, -0.05) is 6.07 Å². The normalized spacial score (nSPS) is 9.68. The van der Waals surface area contributed by atoms with Crippen LogP contribution >= 0.6 is 0 Å². The van der Waals surface area contributed by atoms with Gasteiger partial charge in [0.05, 0.1) is 5.56 Å². The molecule has 0 fully saturated rings. The summed E-state index contributed by atoms with van der Waals surface area (Å²) in [6.07, 6.45) is 1.51. The van der Waals surface area contributed by atoms with E-state index in [0.717, 1.165) is 0 Å². The molecule has 94 valence electrons. The van der Waals surface area contributed by atoms with Crippen molar-refractivity contribution in [2.24, 2.45) is 0 Å². The van der Waals surface area contributed by atoms with E-state index in [9.17, 15) is 4.79 Å². The van der Waals surface area contributed by atoms with Crippen LogP contribution in [0.2, 0.25) is 0 Å². The Morgan fingerprint density at radius 1 is 1.37 bits per heavy atom. The number of nitriles is 1. The van der Waals surface area contributed by atoms with Crippen molar-refractivity contribution in [2.75, 3.05) is 0 Å². The fraction of sp³-hybridized carbons (Fsp3) is 0.0714. The number of carboxylic acid groups (broad SMARTS) is 1. The summed E-state index contributed by atoms with van der Waals surface area (Å²) in [6.45, 7) is 1.65. The first-order chi connectivity index (χ1) is 9.13. The first-order valence-electron chi connectivity index (χ1n) is 5.49. The number of hydrogen-bond acceptors (Lipinski definition) is 4. The topological polar surface area (TPSA) is 83.2 Å². The third-order valence-corrected chi connectivity index (χ3v) is 2.61. The summed E-state index contributed by atoms with van der Waals surface area (Å²) in [4.78, 5) is 15.0. The number of nitrogens with zero attached hydrogens (tertiary/aromatic N) is 2. The minimum atomic E-state index is -1.02. The average molecular weight is 254 g/mol. The molecule has 19 heavy (non-hydrogen) atoms. The summed E-state index contributed by atoms with van der Waals surface area (Å²) in [6, 6.07) is 9.90. The zero-order valence-corrected chi connectivity index (χ0v) is 10.1. The highest BCUT2D eigenvalue weighted by Gasteiger charge is 2.13. The van der Waals surface area contributed by atoms with Gasteiger partial charge in [0.15, 0.2) is 0 Å². The molecule has 0 bridgehead atoms. The molecular weight excluding hydrogens is 244 g/mol. The van der Waals surface area contributed by atoms with Gasteiger partial charge in [0.2, 0.25) is 5.88 Å². The van der Waals surface area contributed by atoms with Crippen molar-refractivity contribution in [3.63, 3.8) is 0 Å². The van der Waals surface area contributed by atoms with Crippen molar-refractivity contribution >= 4 is 5.97 Å². The van der Waals surface area contributed by atoms with E-state index in [1.165, 1.54) is 12.3 Å². The Labute approximate surface area is 109 Å². The Morgan fingerprint density at radius 3 is 2.84 bits per heavy atom. The van der Waals surface area contributed by atoms with Crippen molar-refractivity contribution in [2.45, 2.75) is 6.92 Å². The quantitative estimate of drug-likeness (QED) is 0.910. The van der Waals surface area contributed by atoms with Crippen LogP contribution in [-0.4, -0.2) is 16.1 Å². The Morgan fingerprint density at radius 2 is 2.16 bits per heavy atom. The van der Waals surface area contributed by atoms with E-state index in [4.69, 9.17) is 15.1 Å². The van der Waals surface area contributed by atoms with Crippen LogP contribution in [0.5, 0.6) is 11.6 Å². The lowest BCUT2D eigenvalue weighted by Gasteiger charge is -2.10. The number of ether oxygens (including phenoxy) is 1. The van der Waals surface area contributed by atoms with Gasteiger partial charge in [0.25, 0.3) is 0 Å². The highest BCUT2D eigenvalue weighted by atomic mass is 16.5. The van der Waals surface area contributed by atoms with Crippen LogP contribution in [0.1, 0.15) is 21.5 Å². The van der Waals surface area contributed by atoms with Gasteiger partial charge in [-0.25, -0.2) is 9.78 Å². The number of pyridine rings is 1. The molecule has 1 heterocycles. The predicted octanol–water partition coefficient (Wildman–Crippen LogP) is 2.75. The molecule has 0 aliphatic heterocycles. The molecule has 2 rings (SSSR count). The highest BCUT2D eigenvalue weighted by Crippen LogP contribution is 2.27. The van der Waals surface area contributed by atoms with Gasteiger partial charge in [-0.3, -0.25) is 0 Å². The summed E-state index contributed by atoms with van der Waals surface area (Å²) in [5.74, 6) is -0.491. The molecule has 2 aromatic rings. The molecule has 1 N–H and O–H groups in total. The molecule has 1 aromatic carbocycles. The van der Waals surface area contributed by atoms with Crippen LogP contribution in [0.3, 0.4) is 0 Å². The first-order valence-corrected chi connectivity index (χ1v) is 5.49. The molecular formula is C14H10N2O3. The largest absolute Gasteiger partial charge is 0.478 e. The summed E-state index contributed by atoms with van der Waals surface area (Å²) < 4.78 is 5.53. The standard InChI is InChI=1S/C14H10N2O3/c1-9-11(14(17)18)5-2-6-12(9)19-13-10(8-15)4-3-7-16-13/h2-7H,1H3,(H,17,18). The Kier molecular flexibility index (Phi) is 3.44. The molecule has 5 heteroatoms. The van der Waals surface area contributed by atoms with Gasteiger partial charge in [-0.05, 0) is 31.2 Å². The van der Waals surface area contributed by atoms with Gasteiger partial charge >= 0.3 is 5.97 Å². The zero-order chi connectivity index (χ0) is 13.8. The maximum Gasteiger partial charge on any atom is 0.336 e. The van der Waals surface area contributed by atoms with Crippen molar-refractivity contribution in [3.8, 4) is 17.7 Å². The lowest BCUT2D eigenvalue weighted by atomic mass is 10.1. The maximum atomic E-state index is 11.0. The van der Waals surface area contributed by atoms with Crippen LogP contribution in [0, 0.1) is 18.3 Å². The van der Waals surface area contributed by atoms with Crippen LogP contribution in [0.15, 0.2) is 36.5 Å². The highest BCUT2D eigenvalue weighted by molar-refractivity contribution is 5.90. The number of carboxylic acids is 1. The molecule has 0 unspecified atom stereocenters. The second-order valence-corrected chi connectivity index (χ2v) is 3.80. The molecule has 5 nitrogen and oxygen atoms in total. The molecule has 0 aliphatic rings. The smallest absolute Gasteiger partial charge is 0.336 e. The Hall–Kier alpha value is -2.87. The molecule has 0 aliphatic carbocycles. The van der Waals surface area contributed by atoms with Crippen molar-refractivity contribution in [1.82, 2.24) is 4.98 Å². The molecule has 1 aromatic heterocycles. The number of hydrogen-bond donors (Lipinski definition) is 1. The fourth-order valence-corrected chi connectivity index (χ4v) is 1.62. The van der Waals surface area contributed by atoms with Gasteiger partial charge in [-0.2, -0.15) is 5.26 Å². The van der Waals surface area contributed by atoms with Gasteiger partial charge in [0, 0.05) is 11.8 Å². The summed E-state index contributed by atoms with van der Waals surface area (Å²) >= 11 is 0. The van der Waals surface area contributed by atoms with E-state index in [0.29, 0.717) is 16.9 Å². The second-order valence-electron chi connectivity index (χ2n) is 3.80. The van der Waals surface area contributed by atoms with E-state index in [-0.39, 0.29) is 11.4 Å². The van der Waals surface area contributed by atoms with E-state index in [1.807, 2.05) is 6.07 Å². The lowest BCUT2D eigenvalue weighted by molar-refractivity contribution is 0.0695. The van der Waals surface area contributed by atoms with Gasteiger partial charge in [-0.15, -0.1) is 0 Å². The van der Waals surface area contributed by atoms with Crippen LogP contribution in [0.25, 0.3) is 0 Å². The average Bonchev–Trinajstić information content (AvgIpc) is 2.41. The minimum absolute atomic E-state index is 0.159. The van der Waals surface area contributed by atoms with E-state index < -0.39 is 5.97 Å². The summed E-state index contributed by atoms with van der Waals surface area (Å²) in [5.41, 5.74) is 0.944. The first kappa shape index (κ1) is 12.6. The molecule has 0 atom stereocenters. The Bertz CT molecular complexity index is 675. The number of rotatable bonds is 3. The zero-order valence-electron chi connectivity index (χ0n) is 10.1. The summed E-state index contributed by atoms with van der Waals surface area (Å²) in [7, 11) is 0.